The van der Waals surface area contributed by atoms with Crippen molar-refractivity contribution in [1.29, 1.82) is 0 Å². The van der Waals surface area contributed by atoms with Crippen molar-refractivity contribution in [2.24, 2.45) is 11.8 Å². The Morgan fingerprint density at radius 2 is 1.40 bits per heavy atom. The van der Waals surface area contributed by atoms with Gasteiger partial charge in [-0.25, -0.2) is 0 Å². The molecule has 2 atom stereocenters. The average Bonchev–Trinajstić information content (AvgIpc) is 2.78. The number of rotatable bonds is 7. The van der Waals surface area contributed by atoms with Gasteiger partial charge >= 0.3 is 0 Å². The lowest BCUT2D eigenvalue weighted by Gasteiger charge is -2.38. The van der Waals surface area contributed by atoms with Crippen molar-refractivity contribution in [3.05, 3.63) is 22.8 Å². The van der Waals surface area contributed by atoms with Crippen molar-refractivity contribution < 1.29 is 18.3 Å². The SMILES string of the molecule is CCCCC[C@@H]1CCc2c3c(c(F)c(F)c2O1)O[C@@H](C1CCC(CCC)CC1)CC3. The predicted octanol–water partition coefficient (Wildman–Crippen LogP) is 7.54. The molecular weight excluding hydrogens is 382 g/mol. The zero-order chi connectivity index (χ0) is 21.1. The summed E-state index contributed by atoms with van der Waals surface area (Å²) in [5.41, 5.74) is 1.73. The van der Waals surface area contributed by atoms with E-state index in [1.807, 2.05) is 0 Å². The molecule has 0 aromatic heterocycles. The van der Waals surface area contributed by atoms with Crippen LogP contribution < -0.4 is 9.47 Å². The Morgan fingerprint density at radius 1 is 0.733 bits per heavy atom. The molecule has 3 aliphatic rings. The summed E-state index contributed by atoms with van der Waals surface area (Å²) in [6, 6.07) is 0. The summed E-state index contributed by atoms with van der Waals surface area (Å²) in [7, 11) is 0. The molecule has 0 radical (unpaired) electrons. The van der Waals surface area contributed by atoms with Gasteiger partial charge in [0.25, 0.3) is 0 Å². The maximum Gasteiger partial charge on any atom is 0.204 e. The summed E-state index contributed by atoms with van der Waals surface area (Å²) >= 11 is 0. The zero-order valence-corrected chi connectivity index (χ0v) is 18.8. The Hall–Kier alpha value is -1.32. The molecular formula is C26H38F2O2. The molecule has 0 saturated heterocycles. The Kier molecular flexibility index (Phi) is 7.20. The second kappa shape index (κ2) is 9.87. The molecule has 0 bridgehead atoms. The molecule has 1 aromatic carbocycles. The summed E-state index contributed by atoms with van der Waals surface area (Å²) in [5.74, 6) is 0.000558. The Bertz CT molecular complexity index is 724. The van der Waals surface area contributed by atoms with Crippen molar-refractivity contribution in [2.75, 3.05) is 0 Å². The van der Waals surface area contributed by atoms with E-state index < -0.39 is 11.6 Å². The third-order valence-corrected chi connectivity index (χ3v) is 7.70. The van der Waals surface area contributed by atoms with Crippen LogP contribution in [0.1, 0.15) is 102 Å². The lowest BCUT2D eigenvalue weighted by Crippen LogP contribution is -2.35. The number of halogens is 2. The number of hydrogen-bond donors (Lipinski definition) is 0. The molecule has 2 nitrogen and oxygen atoms in total. The molecule has 1 fully saturated rings. The molecule has 0 spiro atoms. The highest BCUT2D eigenvalue weighted by Crippen LogP contribution is 2.46. The van der Waals surface area contributed by atoms with Crippen molar-refractivity contribution in [1.82, 2.24) is 0 Å². The fourth-order valence-electron chi connectivity index (χ4n) is 5.95. The predicted molar refractivity (Wildman–Crippen MR) is 116 cm³/mol. The first-order chi connectivity index (χ1) is 14.6. The van der Waals surface area contributed by atoms with Gasteiger partial charge in [-0.3, -0.25) is 0 Å². The number of unbranched alkanes of at least 4 members (excludes halogenated alkanes) is 2. The molecule has 168 valence electrons. The lowest BCUT2D eigenvalue weighted by atomic mass is 9.76. The van der Waals surface area contributed by atoms with Gasteiger partial charge < -0.3 is 9.47 Å². The molecule has 2 aliphatic heterocycles. The van der Waals surface area contributed by atoms with E-state index in [1.165, 1.54) is 25.7 Å². The van der Waals surface area contributed by atoms with Gasteiger partial charge in [0, 0.05) is 11.1 Å². The van der Waals surface area contributed by atoms with Crippen LogP contribution in [0.15, 0.2) is 0 Å². The fourth-order valence-corrected chi connectivity index (χ4v) is 5.95. The molecule has 0 N–H and O–H groups in total. The van der Waals surface area contributed by atoms with E-state index in [0.29, 0.717) is 5.92 Å². The van der Waals surface area contributed by atoms with Crippen molar-refractivity contribution in [2.45, 2.75) is 116 Å². The van der Waals surface area contributed by atoms with Crippen LogP contribution in [-0.4, -0.2) is 12.2 Å². The van der Waals surface area contributed by atoms with Crippen LogP contribution in [0, 0.1) is 23.5 Å². The molecule has 1 aromatic rings. The minimum Gasteiger partial charge on any atom is -0.487 e. The zero-order valence-electron chi connectivity index (χ0n) is 18.8. The van der Waals surface area contributed by atoms with E-state index in [0.717, 1.165) is 81.3 Å². The van der Waals surface area contributed by atoms with Crippen molar-refractivity contribution >= 4 is 0 Å². The van der Waals surface area contributed by atoms with E-state index in [-0.39, 0.29) is 23.7 Å². The summed E-state index contributed by atoms with van der Waals surface area (Å²) in [6.07, 6.45) is 15.1. The Labute approximate surface area is 180 Å². The van der Waals surface area contributed by atoms with E-state index in [2.05, 4.69) is 13.8 Å². The van der Waals surface area contributed by atoms with Gasteiger partial charge in [0.15, 0.2) is 11.5 Å². The average molecular weight is 421 g/mol. The normalized spacial score (nSPS) is 28.3. The molecule has 4 rings (SSSR count). The van der Waals surface area contributed by atoms with E-state index in [1.54, 1.807) is 0 Å². The highest BCUT2D eigenvalue weighted by molar-refractivity contribution is 5.52. The topological polar surface area (TPSA) is 18.5 Å². The summed E-state index contributed by atoms with van der Waals surface area (Å²) in [6.45, 7) is 4.42. The largest absolute Gasteiger partial charge is 0.487 e. The third-order valence-electron chi connectivity index (χ3n) is 7.70. The van der Waals surface area contributed by atoms with Gasteiger partial charge in [-0.1, -0.05) is 52.4 Å². The number of benzene rings is 1. The van der Waals surface area contributed by atoms with Gasteiger partial charge in [0.05, 0.1) is 6.10 Å². The Morgan fingerprint density at radius 3 is 2.07 bits per heavy atom. The smallest absolute Gasteiger partial charge is 0.204 e. The maximum atomic E-state index is 15.0. The van der Waals surface area contributed by atoms with Gasteiger partial charge in [-0.15, -0.1) is 0 Å². The quantitative estimate of drug-likeness (QED) is 0.424. The van der Waals surface area contributed by atoms with E-state index >= 15 is 4.39 Å². The van der Waals surface area contributed by atoms with Crippen LogP contribution >= 0.6 is 0 Å². The van der Waals surface area contributed by atoms with Crippen LogP contribution in [-0.2, 0) is 12.8 Å². The first-order valence-electron chi connectivity index (χ1n) is 12.5. The van der Waals surface area contributed by atoms with E-state index in [4.69, 9.17) is 9.47 Å². The van der Waals surface area contributed by atoms with Gasteiger partial charge in [-0.2, -0.15) is 8.78 Å². The standard InChI is InChI=1S/C26H38F2O2/c1-3-5-6-8-19-13-14-20-21-15-16-22(18-11-9-17(7-4-2)10-12-18)30-26(21)24(28)23(27)25(20)29-19/h17-19,22H,3-16H2,1-2H3/t17?,18?,19-,22-/m1/s1. The van der Waals surface area contributed by atoms with Crippen LogP contribution in [0.2, 0.25) is 0 Å². The molecule has 2 heterocycles. The minimum absolute atomic E-state index is 0.00608. The van der Waals surface area contributed by atoms with Gasteiger partial charge in [-0.05, 0) is 63.2 Å². The van der Waals surface area contributed by atoms with Crippen LogP contribution in [0.25, 0.3) is 0 Å². The van der Waals surface area contributed by atoms with Gasteiger partial charge in [0.2, 0.25) is 11.6 Å². The highest BCUT2D eigenvalue weighted by Gasteiger charge is 2.37. The first-order valence-corrected chi connectivity index (χ1v) is 12.5. The Balaban J connectivity index is 1.47. The van der Waals surface area contributed by atoms with Crippen LogP contribution in [0.3, 0.4) is 0 Å². The monoisotopic (exact) mass is 420 g/mol. The molecule has 0 amide bonds. The minimum atomic E-state index is -0.837. The number of ether oxygens (including phenoxy) is 2. The first kappa shape index (κ1) is 21.9. The van der Waals surface area contributed by atoms with Crippen LogP contribution in [0.4, 0.5) is 8.78 Å². The molecule has 1 saturated carbocycles. The highest BCUT2D eigenvalue weighted by atomic mass is 19.2. The molecule has 4 heteroatoms. The molecule has 1 aliphatic carbocycles. The maximum absolute atomic E-state index is 15.0. The third kappa shape index (κ3) is 4.48. The number of hydrogen-bond acceptors (Lipinski definition) is 2. The summed E-state index contributed by atoms with van der Waals surface area (Å²) in [5, 5.41) is 0. The second-order valence-corrected chi connectivity index (χ2v) is 9.78. The molecule has 0 unspecified atom stereocenters. The van der Waals surface area contributed by atoms with Gasteiger partial charge in [0.1, 0.15) is 6.10 Å². The van der Waals surface area contributed by atoms with Crippen molar-refractivity contribution in [3.63, 3.8) is 0 Å². The second-order valence-electron chi connectivity index (χ2n) is 9.78. The summed E-state index contributed by atoms with van der Waals surface area (Å²) < 4.78 is 42.1. The van der Waals surface area contributed by atoms with Crippen molar-refractivity contribution in [3.8, 4) is 11.5 Å². The van der Waals surface area contributed by atoms with Crippen LogP contribution in [0.5, 0.6) is 11.5 Å². The number of fused-ring (bicyclic) bond motifs is 3. The van der Waals surface area contributed by atoms with E-state index in [9.17, 15) is 4.39 Å². The fraction of sp³-hybridized carbons (Fsp3) is 0.769. The summed E-state index contributed by atoms with van der Waals surface area (Å²) in [4.78, 5) is 0. The lowest BCUT2D eigenvalue weighted by molar-refractivity contribution is 0.0689. The molecule has 30 heavy (non-hydrogen) atoms.